The number of nitrogens with one attached hydrogen (secondary N) is 2. The van der Waals surface area contributed by atoms with Crippen molar-refractivity contribution in [3.63, 3.8) is 0 Å². The molecule has 0 spiro atoms. The second kappa shape index (κ2) is 16.7. The number of hydrogen-bond donors (Lipinski definition) is 4. The number of rotatable bonds is 2. The number of benzene rings is 4. The average Bonchev–Trinajstić information content (AvgIpc) is 3.08. The van der Waals surface area contributed by atoms with Gasteiger partial charge in [0.1, 0.15) is 11.5 Å². The van der Waals surface area contributed by atoms with Crippen molar-refractivity contribution in [3.8, 4) is 34.5 Å². The smallest absolute Gasteiger partial charge is 0.252 e. The number of nitroso groups, excluding NO2 is 2. The molecule has 4 aromatic carbocycles. The van der Waals surface area contributed by atoms with Crippen LogP contribution in [0.25, 0.3) is 6.08 Å². The molecule has 4 N–H and O–H groups in total. The lowest BCUT2D eigenvalue weighted by Crippen LogP contribution is -2.35. The predicted octanol–water partition coefficient (Wildman–Crippen LogP) is 8.55. The van der Waals surface area contributed by atoms with Gasteiger partial charge in [-0.05, 0) is 147 Å². The van der Waals surface area contributed by atoms with Crippen LogP contribution < -0.4 is 20.1 Å². The molecule has 0 radical (unpaired) electrons. The molecule has 12 nitrogen and oxygen atoms in total. The van der Waals surface area contributed by atoms with E-state index in [9.17, 15) is 29.6 Å². The van der Waals surface area contributed by atoms with Crippen molar-refractivity contribution in [2.24, 2.45) is 10.4 Å². The Kier molecular flexibility index (Phi) is 12.4. The Bertz CT molecular complexity index is 2010. The van der Waals surface area contributed by atoms with Gasteiger partial charge in [0, 0.05) is 25.6 Å². The second-order valence-corrected chi connectivity index (χ2v) is 14.5. The van der Waals surface area contributed by atoms with E-state index in [0.29, 0.717) is 48.0 Å². The molecule has 0 saturated carbocycles. The minimum absolute atomic E-state index is 0.00818. The minimum atomic E-state index is -1.30. The monoisotopic (exact) mass is 934 g/mol. The van der Waals surface area contributed by atoms with Gasteiger partial charge in [0.2, 0.25) is 5.91 Å². The maximum Gasteiger partial charge on any atom is 0.252 e. The predicted molar refractivity (Wildman–Crippen MR) is 201 cm³/mol. The molecule has 4 aliphatic rings. The molecule has 258 valence electrons. The van der Waals surface area contributed by atoms with Crippen molar-refractivity contribution in [1.82, 2.24) is 10.6 Å². The number of halogens is 4. The summed E-state index contributed by atoms with van der Waals surface area (Å²) in [5.41, 5.74) is 2.49. The molecule has 4 heterocycles. The molecule has 2 atom stereocenters. The highest BCUT2D eigenvalue weighted by Crippen LogP contribution is 2.42. The van der Waals surface area contributed by atoms with Crippen LogP contribution in [0.4, 0.5) is 0 Å². The van der Waals surface area contributed by atoms with Gasteiger partial charge in [-0.1, -0.05) is 22.5 Å². The van der Waals surface area contributed by atoms with E-state index in [4.69, 9.17) is 9.47 Å². The zero-order valence-electron chi connectivity index (χ0n) is 25.7. The first kappa shape index (κ1) is 37.1. The Balaban J connectivity index is 1.47. The van der Waals surface area contributed by atoms with Crippen LogP contribution in [-0.2, 0) is 28.9 Å². The molecule has 0 aliphatic carbocycles. The summed E-state index contributed by atoms with van der Waals surface area (Å²) in [7, 11) is 0. The summed E-state index contributed by atoms with van der Waals surface area (Å²) in [6.07, 6.45) is 3.27. The number of amides is 2. The van der Waals surface area contributed by atoms with Crippen LogP contribution in [0.15, 0.2) is 95.1 Å². The van der Waals surface area contributed by atoms with E-state index in [1.165, 1.54) is 12.3 Å². The van der Waals surface area contributed by atoms with E-state index >= 15 is 0 Å². The fraction of sp³-hybridized carbons (Fsp3) is 0.176. The molecule has 0 saturated heterocycles. The number of ether oxygens (including phenoxy) is 2. The first-order valence-corrected chi connectivity index (χ1v) is 18.0. The SMILES string of the molecule is O=NC1Cc2cc(Br)c(O)c(c2)Oc2ccc(cc2Br)CC(N=O)C(=O)NCCc2cc(Br)c(O)c(c2)Oc2ccc(cc2Br)/C=C/NC1=O. The largest absolute Gasteiger partial charge is 0.503 e. The van der Waals surface area contributed by atoms with Crippen molar-refractivity contribution in [3.05, 3.63) is 117 Å². The number of phenolic OH excluding ortho intramolecular Hbond substituents is 2. The van der Waals surface area contributed by atoms with E-state index < -0.39 is 23.9 Å². The van der Waals surface area contributed by atoms with Crippen LogP contribution in [0.3, 0.4) is 0 Å². The molecule has 8 rings (SSSR count). The van der Waals surface area contributed by atoms with Crippen LogP contribution in [0.2, 0.25) is 0 Å². The minimum Gasteiger partial charge on any atom is -0.503 e. The van der Waals surface area contributed by atoms with Crippen LogP contribution in [-0.4, -0.2) is 40.7 Å². The summed E-state index contributed by atoms with van der Waals surface area (Å²) in [6.45, 7) is 0.182. The number of aromatic hydroxyl groups is 2. The topological polar surface area (TPSA) is 176 Å². The van der Waals surface area contributed by atoms with Crippen LogP contribution in [0.5, 0.6) is 34.5 Å². The summed E-state index contributed by atoms with van der Waals surface area (Å²) < 4.78 is 13.6. The molecule has 4 aliphatic heterocycles. The van der Waals surface area contributed by atoms with Gasteiger partial charge >= 0.3 is 0 Å². The molecular weight excluding hydrogens is 912 g/mol. The third kappa shape index (κ3) is 9.15. The summed E-state index contributed by atoms with van der Waals surface area (Å²) in [5.74, 6) is -0.649. The van der Waals surface area contributed by atoms with Gasteiger partial charge in [-0.25, -0.2) is 0 Å². The molecule has 16 heteroatoms. The molecule has 2 amide bonds. The van der Waals surface area contributed by atoms with E-state index in [0.717, 1.165) is 5.56 Å². The van der Waals surface area contributed by atoms with Crippen LogP contribution in [0, 0.1) is 9.81 Å². The Labute approximate surface area is 319 Å². The number of hydrogen-bond acceptors (Lipinski definition) is 10. The summed E-state index contributed by atoms with van der Waals surface area (Å²) in [6, 6.07) is 13.9. The molecule has 50 heavy (non-hydrogen) atoms. The van der Waals surface area contributed by atoms with E-state index in [-0.39, 0.29) is 46.9 Å². The quantitative estimate of drug-likeness (QED) is 0.145. The number of nitrogens with zero attached hydrogens (tertiary/aromatic N) is 2. The summed E-state index contributed by atoms with van der Waals surface area (Å²) in [5, 5.41) is 32.7. The first-order chi connectivity index (χ1) is 23.9. The third-order valence-electron chi connectivity index (χ3n) is 7.50. The zero-order chi connectivity index (χ0) is 35.9. The highest BCUT2D eigenvalue weighted by atomic mass is 79.9. The van der Waals surface area contributed by atoms with Gasteiger partial charge in [-0.2, -0.15) is 0 Å². The number of carbonyl (C=O) groups is 2. The molecule has 0 aromatic heterocycles. The lowest BCUT2D eigenvalue weighted by atomic mass is 10.0. The molecule has 4 aromatic rings. The van der Waals surface area contributed by atoms with Gasteiger partial charge in [0.15, 0.2) is 35.1 Å². The summed E-state index contributed by atoms with van der Waals surface area (Å²) in [4.78, 5) is 49.2. The normalized spacial score (nSPS) is 17.7. The first-order valence-electron chi connectivity index (χ1n) is 14.8. The summed E-state index contributed by atoms with van der Waals surface area (Å²) >= 11 is 13.6. The lowest BCUT2D eigenvalue weighted by Gasteiger charge is -2.15. The third-order valence-corrected chi connectivity index (χ3v) is 9.95. The van der Waals surface area contributed by atoms with Crippen molar-refractivity contribution < 1.29 is 29.3 Å². The highest BCUT2D eigenvalue weighted by molar-refractivity contribution is 9.11. The van der Waals surface area contributed by atoms with Crippen molar-refractivity contribution in [2.45, 2.75) is 31.3 Å². The number of carbonyl (C=O) groups excluding carboxylic acids is 2. The van der Waals surface area contributed by atoms with Crippen LogP contribution in [0.1, 0.15) is 22.3 Å². The second-order valence-electron chi connectivity index (χ2n) is 11.0. The Morgan fingerprint density at radius 1 is 0.640 bits per heavy atom. The van der Waals surface area contributed by atoms with Gasteiger partial charge in [0.25, 0.3) is 5.91 Å². The molecule has 0 fully saturated rings. The Morgan fingerprint density at radius 2 is 1.18 bits per heavy atom. The lowest BCUT2D eigenvalue weighted by molar-refractivity contribution is -0.122. The van der Waals surface area contributed by atoms with Crippen LogP contribution >= 0.6 is 63.7 Å². The fourth-order valence-corrected chi connectivity index (χ4v) is 6.90. The van der Waals surface area contributed by atoms with Crippen molar-refractivity contribution in [1.29, 1.82) is 0 Å². The van der Waals surface area contributed by atoms with E-state index in [1.807, 2.05) is 0 Å². The van der Waals surface area contributed by atoms with Gasteiger partial charge in [-0.3, -0.25) is 9.59 Å². The Morgan fingerprint density at radius 3 is 1.80 bits per heavy atom. The fourth-order valence-electron chi connectivity index (χ4n) is 4.93. The van der Waals surface area contributed by atoms with Crippen molar-refractivity contribution >= 4 is 81.6 Å². The van der Waals surface area contributed by atoms with E-state index in [2.05, 4.69) is 84.7 Å². The number of phenols is 2. The zero-order valence-corrected chi connectivity index (χ0v) is 32.0. The van der Waals surface area contributed by atoms with E-state index in [1.54, 1.807) is 60.7 Å². The maximum absolute atomic E-state index is 12.9. The maximum atomic E-state index is 12.9. The van der Waals surface area contributed by atoms with Gasteiger partial charge < -0.3 is 30.3 Å². The molecule has 2 unspecified atom stereocenters. The Hall–Kier alpha value is -4.12. The standard InChI is InChI=1S/C34H26Br4N4O8/c35-21-9-17-1-3-27(21)49-29-15-19(11-23(37)31(29)43)6-8-40-33(45)25(41-47)13-18-2-4-28(22(36)10-18)50-30-16-20(12-24(38)32(30)44)14-26(42-48)34(46)39-7-5-17/h1-5,7,9-12,15-16,25-26,43-44H,6,8,13-14H2,(H,39,46)(H,40,45)/b7-5+. The molecule has 8 bridgehead atoms. The van der Waals surface area contributed by atoms with Gasteiger partial charge in [-0.15, -0.1) is 9.81 Å². The van der Waals surface area contributed by atoms with Gasteiger partial charge in [0.05, 0.1) is 17.9 Å². The average molecular weight is 938 g/mol. The van der Waals surface area contributed by atoms with Crippen molar-refractivity contribution in [2.75, 3.05) is 6.54 Å². The highest BCUT2D eigenvalue weighted by Gasteiger charge is 2.23. The molecular formula is C34H26Br4N4O8.